The van der Waals surface area contributed by atoms with Crippen LogP contribution in [0.1, 0.15) is 36.6 Å². The van der Waals surface area contributed by atoms with E-state index in [0.29, 0.717) is 38.4 Å². The van der Waals surface area contributed by atoms with E-state index in [1.54, 1.807) is 62.4 Å². The number of rotatable bonds is 13. The Morgan fingerprint density at radius 1 is 1.04 bits per heavy atom. The number of carbonyl (C=O) groups excluding carboxylic acids is 3. The summed E-state index contributed by atoms with van der Waals surface area (Å²) >= 11 is 3.44. The van der Waals surface area contributed by atoms with Crippen molar-refractivity contribution in [3.05, 3.63) is 92.8 Å². The second-order valence-corrected chi connectivity index (χ2v) is 10.6. The minimum absolute atomic E-state index is 0.00138. The number of ether oxygens (including phenoxy) is 5. The maximum absolute atomic E-state index is 14.0. The largest absolute Gasteiger partial charge is 0.493 e. The Morgan fingerprint density at radius 3 is 2.52 bits per heavy atom. The summed E-state index contributed by atoms with van der Waals surface area (Å²) < 4.78 is 42.0. The number of hydrazone groups is 1. The number of nitrogens with one attached hydrogen (secondary N) is 3. The van der Waals surface area contributed by atoms with Crippen molar-refractivity contribution in [1.82, 2.24) is 16.1 Å². The van der Waals surface area contributed by atoms with E-state index >= 15 is 0 Å². The molecule has 0 fully saturated rings. The molecule has 1 atom stereocenters. The smallest absolute Gasteiger partial charge is 0.338 e. The van der Waals surface area contributed by atoms with Crippen molar-refractivity contribution < 1.29 is 42.5 Å². The molecule has 0 saturated heterocycles. The van der Waals surface area contributed by atoms with Crippen LogP contribution in [0.4, 0.5) is 9.18 Å². The zero-order valence-electron chi connectivity index (χ0n) is 25.4. The molecule has 1 aliphatic rings. The highest BCUT2D eigenvalue weighted by atomic mass is 79.9. The Kier molecular flexibility index (Phi) is 11.6. The van der Waals surface area contributed by atoms with Gasteiger partial charge in [0.1, 0.15) is 12.4 Å². The van der Waals surface area contributed by atoms with Crippen molar-refractivity contribution in [1.29, 1.82) is 0 Å². The Morgan fingerprint density at radius 2 is 1.80 bits per heavy atom. The molecule has 3 N–H and O–H groups in total. The second kappa shape index (κ2) is 15.8. The van der Waals surface area contributed by atoms with Crippen LogP contribution >= 0.6 is 15.9 Å². The summed E-state index contributed by atoms with van der Waals surface area (Å²) in [6.07, 6.45) is 1.41. The molecule has 0 saturated carbocycles. The fourth-order valence-electron chi connectivity index (χ4n) is 4.48. The van der Waals surface area contributed by atoms with E-state index in [9.17, 15) is 18.8 Å². The first-order chi connectivity index (χ1) is 22.1. The molecule has 0 bridgehead atoms. The molecule has 46 heavy (non-hydrogen) atoms. The minimum Gasteiger partial charge on any atom is -0.493 e. The van der Waals surface area contributed by atoms with Crippen molar-refractivity contribution >= 4 is 40.1 Å². The zero-order chi connectivity index (χ0) is 33.2. The fraction of sp³-hybridized carbons (Fsp3) is 0.250. The molecule has 0 aliphatic carbocycles. The quantitative estimate of drug-likeness (QED) is 0.130. The first-order valence-electron chi connectivity index (χ1n) is 14.0. The predicted molar refractivity (Wildman–Crippen MR) is 169 cm³/mol. The van der Waals surface area contributed by atoms with E-state index in [2.05, 4.69) is 37.1 Å². The maximum Gasteiger partial charge on any atom is 0.338 e. The summed E-state index contributed by atoms with van der Waals surface area (Å²) in [6.45, 7) is 3.09. The average molecular weight is 700 g/mol. The number of esters is 1. The molecule has 3 aromatic rings. The highest BCUT2D eigenvalue weighted by Crippen LogP contribution is 2.37. The number of methoxy groups -OCH3 is 2. The highest BCUT2D eigenvalue weighted by molar-refractivity contribution is 9.10. The Balaban J connectivity index is 1.38. The summed E-state index contributed by atoms with van der Waals surface area (Å²) in [6, 6.07) is 13.2. The van der Waals surface area contributed by atoms with Gasteiger partial charge in [0.15, 0.2) is 29.6 Å². The molecule has 4 rings (SSSR count). The van der Waals surface area contributed by atoms with Gasteiger partial charge in [-0.1, -0.05) is 24.3 Å². The Bertz CT molecular complexity index is 1680. The van der Waals surface area contributed by atoms with E-state index in [1.165, 1.54) is 26.5 Å². The van der Waals surface area contributed by atoms with Crippen LogP contribution in [0.25, 0.3) is 0 Å². The first-order valence-corrected chi connectivity index (χ1v) is 14.8. The van der Waals surface area contributed by atoms with Gasteiger partial charge in [-0.25, -0.2) is 19.4 Å². The molecular weight excluding hydrogens is 667 g/mol. The SMILES string of the molecule is CCOC(=O)C1=C(C)NC(=O)N[C@H]1c1ccc(OCC(=O)N/N=C\c2cc(Br)c(OCc3ccccc3F)c(OC)c2)c(OC)c1. The third-order valence-electron chi connectivity index (χ3n) is 6.63. The number of halogens is 2. The van der Waals surface area contributed by atoms with Gasteiger partial charge in [-0.05, 0) is 71.2 Å². The van der Waals surface area contributed by atoms with Gasteiger partial charge in [0.2, 0.25) is 0 Å². The van der Waals surface area contributed by atoms with Gasteiger partial charge < -0.3 is 34.3 Å². The molecule has 0 spiro atoms. The van der Waals surface area contributed by atoms with E-state index < -0.39 is 23.9 Å². The monoisotopic (exact) mass is 698 g/mol. The van der Waals surface area contributed by atoms with E-state index in [0.717, 1.165) is 0 Å². The van der Waals surface area contributed by atoms with Gasteiger partial charge >= 0.3 is 12.0 Å². The molecule has 3 amide bonds. The van der Waals surface area contributed by atoms with Crippen LogP contribution in [-0.4, -0.2) is 51.6 Å². The predicted octanol–water partition coefficient (Wildman–Crippen LogP) is 4.90. The lowest BCUT2D eigenvalue weighted by Gasteiger charge is -2.28. The molecule has 1 aliphatic heterocycles. The van der Waals surface area contributed by atoms with E-state index in [4.69, 9.17) is 23.7 Å². The van der Waals surface area contributed by atoms with Crippen LogP contribution in [0.3, 0.4) is 0 Å². The van der Waals surface area contributed by atoms with E-state index in [1.807, 2.05) is 0 Å². The molecule has 0 unspecified atom stereocenters. The van der Waals surface area contributed by atoms with Crippen LogP contribution in [0.2, 0.25) is 0 Å². The number of allylic oxidation sites excluding steroid dienone is 1. The summed E-state index contributed by atoms with van der Waals surface area (Å²) in [7, 11) is 2.89. The van der Waals surface area contributed by atoms with Crippen LogP contribution in [0.5, 0.6) is 23.0 Å². The molecule has 242 valence electrons. The van der Waals surface area contributed by atoms with Gasteiger partial charge in [0, 0.05) is 11.3 Å². The van der Waals surface area contributed by atoms with Crippen LogP contribution in [-0.2, 0) is 20.9 Å². The summed E-state index contributed by atoms with van der Waals surface area (Å²) in [5, 5.41) is 9.28. The van der Waals surface area contributed by atoms with Gasteiger partial charge in [0.05, 0.1) is 43.1 Å². The van der Waals surface area contributed by atoms with Crippen molar-refractivity contribution in [2.75, 3.05) is 27.4 Å². The average Bonchev–Trinajstić information content (AvgIpc) is 3.03. The third kappa shape index (κ3) is 8.33. The van der Waals surface area contributed by atoms with Crippen molar-refractivity contribution in [2.24, 2.45) is 5.10 Å². The zero-order valence-corrected chi connectivity index (χ0v) is 27.0. The lowest BCUT2D eigenvalue weighted by Crippen LogP contribution is -2.45. The van der Waals surface area contributed by atoms with Crippen LogP contribution in [0, 0.1) is 5.82 Å². The van der Waals surface area contributed by atoms with Crippen molar-refractivity contribution in [3.63, 3.8) is 0 Å². The van der Waals surface area contributed by atoms with Crippen LogP contribution in [0.15, 0.2) is 75.4 Å². The number of urea groups is 1. The third-order valence-corrected chi connectivity index (χ3v) is 7.22. The topological polar surface area (TPSA) is 146 Å². The number of hydrogen-bond acceptors (Lipinski definition) is 9. The van der Waals surface area contributed by atoms with Gasteiger partial charge in [0.25, 0.3) is 5.91 Å². The van der Waals surface area contributed by atoms with Crippen molar-refractivity contribution in [3.8, 4) is 23.0 Å². The van der Waals surface area contributed by atoms with E-state index in [-0.39, 0.29) is 42.7 Å². The van der Waals surface area contributed by atoms with Gasteiger partial charge in [-0.3, -0.25) is 4.79 Å². The summed E-state index contributed by atoms with van der Waals surface area (Å²) in [4.78, 5) is 37.3. The molecule has 3 aromatic carbocycles. The van der Waals surface area contributed by atoms with Crippen molar-refractivity contribution in [2.45, 2.75) is 26.5 Å². The molecule has 0 radical (unpaired) electrons. The number of amides is 3. The summed E-state index contributed by atoms with van der Waals surface area (Å²) in [5.41, 5.74) is 4.53. The summed E-state index contributed by atoms with van der Waals surface area (Å²) in [5.74, 6) is -0.204. The highest BCUT2D eigenvalue weighted by Gasteiger charge is 2.32. The number of nitrogens with zero attached hydrogens (tertiary/aromatic N) is 1. The minimum atomic E-state index is -0.792. The number of hydrogen-bond donors (Lipinski definition) is 3. The fourth-order valence-corrected chi connectivity index (χ4v) is 5.05. The Hall–Kier alpha value is -5.11. The molecular formula is C32H32BrFN4O8. The van der Waals surface area contributed by atoms with Gasteiger partial charge in [-0.15, -0.1) is 0 Å². The Labute approximate surface area is 273 Å². The maximum atomic E-state index is 14.0. The molecule has 14 heteroatoms. The standard InChI is InChI=1S/C32H32BrFN4O8/c1-5-44-31(40)28-18(2)36-32(41)37-29(28)20-10-11-24(25(14-20)42-3)45-17-27(39)38-35-15-19-12-22(33)30(26(13-19)43-4)46-16-21-8-6-7-9-23(21)34/h6-15,29H,5,16-17H2,1-4H3,(H,38,39)(H2,36,37,41)/b35-15-/t29-/m0/s1. The van der Waals surface area contributed by atoms with Crippen LogP contribution < -0.4 is 35.0 Å². The second-order valence-electron chi connectivity index (χ2n) is 9.70. The molecule has 0 aromatic heterocycles. The molecule has 12 nitrogen and oxygen atoms in total. The molecule has 1 heterocycles. The first kappa shape index (κ1) is 33.8. The lowest BCUT2D eigenvalue weighted by atomic mass is 9.95. The van der Waals surface area contributed by atoms with Gasteiger partial charge in [-0.2, -0.15) is 5.10 Å². The number of carbonyl (C=O) groups is 3. The normalized spacial score (nSPS) is 14.3. The lowest BCUT2D eigenvalue weighted by molar-refractivity contribution is -0.139. The number of benzene rings is 3.